The van der Waals surface area contributed by atoms with Crippen LogP contribution < -0.4 is 5.73 Å². The summed E-state index contributed by atoms with van der Waals surface area (Å²) in [6.45, 7) is 4.25. The number of rotatable bonds is 3. The van der Waals surface area contributed by atoms with E-state index in [0.29, 0.717) is 18.1 Å². The molecule has 0 radical (unpaired) electrons. The van der Waals surface area contributed by atoms with E-state index >= 15 is 0 Å². The maximum atomic E-state index is 12.1. The monoisotopic (exact) mass is 272 g/mol. The molecule has 102 valence electrons. The van der Waals surface area contributed by atoms with Gasteiger partial charge in [-0.1, -0.05) is 6.42 Å². The standard InChI is InChI=1S/C11H20N4O2S/c1-8(2)15-10(7-12)13-14-11(15)9-5-3-4-6-18(9,16)17/h8-9H,3-7,12H2,1-2H3. The Kier molecular flexibility index (Phi) is 3.72. The molecule has 18 heavy (non-hydrogen) atoms. The second-order valence-corrected chi connectivity index (χ2v) is 7.30. The van der Waals surface area contributed by atoms with Gasteiger partial charge in [-0.05, 0) is 26.7 Å². The molecule has 1 atom stereocenters. The minimum absolute atomic E-state index is 0.116. The zero-order valence-corrected chi connectivity index (χ0v) is 11.7. The van der Waals surface area contributed by atoms with Crippen LogP contribution in [-0.2, 0) is 16.4 Å². The van der Waals surface area contributed by atoms with Gasteiger partial charge in [0, 0.05) is 6.04 Å². The Hall–Kier alpha value is -0.950. The SMILES string of the molecule is CC(C)n1c(CN)nnc1C1CCCCS1(=O)=O. The summed E-state index contributed by atoms with van der Waals surface area (Å²) in [5.74, 6) is 1.46. The van der Waals surface area contributed by atoms with Gasteiger partial charge in [0.1, 0.15) is 11.1 Å². The summed E-state index contributed by atoms with van der Waals surface area (Å²) in [5.41, 5.74) is 5.63. The molecule has 0 spiro atoms. The average molecular weight is 272 g/mol. The van der Waals surface area contributed by atoms with Gasteiger partial charge in [-0.2, -0.15) is 0 Å². The van der Waals surface area contributed by atoms with Crippen molar-refractivity contribution >= 4 is 9.84 Å². The van der Waals surface area contributed by atoms with Crippen molar-refractivity contribution < 1.29 is 8.42 Å². The van der Waals surface area contributed by atoms with Crippen molar-refractivity contribution in [2.24, 2.45) is 5.73 Å². The molecule has 7 heteroatoms. The van der Waals surface area contributed by atoms with Gasteiger partial charge in [0.15, 0.2) is 15.7 Å². The van der Waals surface area contributed by atoms with Crippen LogP contribution in [0.3, 0.4) is 0 Å². The smallest absolute Gasteiger partial charge is 0.160 e. The van der Waals surface area contributed by atoms with Gasteiger partial charge in [0.2, 0.25) is 0 Å². The number of nitrogens with two attached hydrogens (primary N) is 1. The highest BCUT2D eigenvalue weighted by atomic mass is 32.2. The molecular weight excluding hydrogens is 252 g/mol. The topological polar surface area (TPSA) is 90.9 Å². The normalized spacial score (nSPS) is 23.4. The molecule has 1 aliphatic heterocycles. The fourth-order valence-corrected chi connectivity index (χ4v) is 4.40. The van der Waals surface area contributed by atoms with Crippen molar-refractivity contribution in [3.05, 3.63) is 11.6 Å². The predicted octanol–water partition coefficient (Wildman–Crippen LogP) is 0.958. The van der Waals surface area contributed by atoms with Crippen LogP contribution in [0.2, 0.25) is 0 Å². The van der Waals surface area contributed by atoms with Crippen LogP contribution in [0.25, 0.3) is 0 Å². The minimum Gasteiger partial charge on any atom is -0.324 e. The largest absolute Gasteiger partial charge is 0.324 e. The lowest BCUT2D eigenvalue weighted by Crippen LogP contribution is -2.25. The third-order valence-corrected chi connectivity index (χ3v) is 5.53. The van der Waals surface area contributed by atoms with Crippen molar-refractivity contribution in [1.82, 2.24) is 14.8 Å². The lowest BCUT2D eigenvalue weighted by atomic mass is 10.1. The van der Waals surface area contributed by atoms with Crippen LogP contribution >= 0.6 is 0 Å². The van der Waals surface area contributed by atoms with E-state index in [1.807, 2.05) is 18.4 Å². The maximum Gasteiger partial charge on any atom is 0.160 e. The van der Waals surface area contributed by atoms with Gasteiger partial charge in [0.25, 0.3) is 0 Å². The Morgan fingerprint density at radius 3 is 2.67 bits per heavy atom. The van der Waals surface area contributed by atoms with Crippen molar-refractivity contribution in [3.63, 3.8) is 0 Å². The van der Waals surface area contributed by atoms with Crippen LogP contribution in [0.15, 0.2) is 0 Å². The first kappa shape index (κ1) is 13.5. The number of hydrogen-bond acceptors (Lipinski definition) is 5. The first-order chi connectivity index (χ1) is 8.47. The zero-order chi connectivity index (χ0) is 13.3. The van der Waals surface area contributed by atoms with Crippen molar-refractivity contribution in [3.8, 4) is 0 Å². The number of hydrogen-bond donors (Lipinski definition) is 1. The number of sulfone groups is 1. The second kappa shape index (κ2) is 4.97. The van der Waals surface area contributed by atoms with E-state index in [4.69, 9.17) is 5.73 Å². The molecule has 1 aromatic rings. The fourth-order valence-electron chi connectivity index (χ4n) is 2.50. The Morgan fingerprint density at radius 2 is 2.11 bits per heavy atom. The van der Waals surface area contributed by atoms with Gasteiger partial charge < -0.3 is 10.3 Å². The summed E-state index contributed by atoms with van der Waals surface area (Å²) in [6.07, 6.45) is 2.31. The number of aromatic nitrogens is 3. The van der Waals surface area contributed by atoms with Crippen LogP contribution in [-0.4, -0.2) is 28.9 Å². The van der Waals surface area contributed by atoms with E-state index in [9.17, 15) is 8.42 Å². The van der Waals surface area contributed by atoms with Crippen LogP contribution in [0.1, 0.15) is 56.1 Å². The van der Waals surface area contributed by atoms with Crippen LogP contribution in [0.5, 0.6) is 0 Å². The Balaban J connectivity index is 2.47. The molecule has 0 amide bonds. The third-order valence-electron chi connectivity index (χ3n) is 3.36. The Labute approximate surface area is 108 Å². The Bertz CT molecular complexity index is 521. The lowest BCUT2D eigenvalue weighted by molar-refractivity contribution is 0.499. The van der Waals surface area contributed by atoms with Crippen LogP contribution in [0, 0.1) is 0 Å². The molecule has 0 aromatic carbocycles. The number of nitrogens with zero attached hydrogens (tertiary/aromatic N) is 3. The predicted molar refractivity (Wildman–Crippen MR) is 68.7 cm³/mol. The van der Waals surface area contributed by atoms with E-state index in [2.05, 4.69) is 10.2 Å². The summed E-state index contributed by atoms with van der Waals surface area (Å²) in [6, 6.07) is 0.116. The molecule has 1 unspecified atom stereocenters. The van der Waals surface area contributed by atoms with E-state index in [1.165, 1.54) is 0 Å². The molecule has 0 saturated carbocycles. The summed E-state index contributed by atoms with van der Waals surface area (Å²) in [5, 5.41) is 7.59. The maximum absolute atomic E-state index is 12.1. The van der Waals surface area contributed by atoms with Gasteiger partial charge in [-0.3, -0.25) is 0 Å². The van der Waals surface area contributed by atoms with Crippen molar-refractivity contribution in [2.75, 3.05) is 5.75 Å². The van der Waals surface area contributed by atoms with Gasteiger partial charge >= 0.3 is 0 Å². The highest BCUT2D eigenvalue weighted by Gasteiger charge is 2.35. The summed E-state index contributed by atoms with van der Waals surface area (Å²) in [7, 11) is -3.09. The molecule has 2 N–H and O–H groups in total. The Morgan fingerprint density at radius 1 is 1.39 bits per heavy atom. The van der Waals surface area contributed by atoms with E-state index < -0.39 is 15.1 Å². The molecular formula is C11H20N4O2S. The highest BCUT2D eigenvalue weighted by Crippen LogP contribution is 2.33. The van der Waals surface area contributed by atoms with Gasteiger partial charge in [0.05, 0.1) is 12.3 Å². The lowest BCUT2D eigenvalue weighted by Gasteiger charge is -2.23. The quantitative estimate of drug-likeness (QED) is 0.885. The van der Waals surface area contributed by atoms with E-state index in [0.717, 1.165) is 12.8 Å². The summed E-state index contributed by atoms with van der Waals surface area (Å²) < 4.78 is 26.2. The molecule has 0 aliphatic carbocycles. The molecule has 1 aromatic heterocycles. The fraction of sp³-hybridized carbons (Fsp3) is 0.818. The molecule has 6 nitrogen and oxygen atoms in total. The van der Waals surface area contributed by atoms with Crippen LogP contribution in [0.4, 0.5) is 0 Å². The molecule has 1 aliphatic rings. The first-order valence-electron chi connectivity index (χ1n) is 6.32. The van der Waals surface area contributed by atoms with E-state index in [-0.39, 0.29) is 18.3 Å². The molecule has 2 rings (SSSR count). The summed E-state index contributed by atoms with van der Waals surface area (Å²) >= 11 is 0. The van der Waals surface area contributed by atoms with Gasteiger partial charge in [-0.25, -0.2) is 8.42 Å². The molecule has 1 fully saturated rings. The summed E-state index contributed by atoms with van der Waals surface area (Å²) in [4.78, 5) is 0. The van der Waals surface area contributed by atoms with Crippen molar-refractivity contribution in [2.45, 2.75) is 50.9 Å². The average Bonchev–Trinajstić information content (AvgIpc) is 2.71. The second-order valence-electron chi connectivity index (χ2n) is 4.99. The van der Waals surface area contributed by atoms with Crippen molar-refractivity contribution in [1.29, 1.82) is 0 Å². The zero-order valence-electron chi connectivity index (χ0n) is 10.8. The minimum atomic E-state index is -3.09. The van der Waals surface area contributed by atoms with E-state index in [1.54, 1.807) is 0 Å². The molecule has 1 saturated heterocycles. The molecule has 0 bridgehead atoms. The van der Waals surface area contributed by atoms with Gasteiger partial charge in [-0.15, -0.1) is 10.2 Å². The molecule has 2 heterocycles. The first-order valence-corrected chi connectivity index (χ1v) is 8.04. The highest BCUT2D eigenvalue weighted by molar-refractivity contribution is 7.91. The third kappa shape index (κ3) is 2.29.